The highest BCUT2D eigenvalue weighted by atomic mass is 16.2. The SMILES string of the molecule is CC(C)C[C@H](N)C(=O)Nc1ccc(Cn2cccn2)cc1. The lowest BCUT2D eigenvalue weighted by molar-refractivity contribution is -0.117. The van der Waals surface area contributed by atoms with E-state index in [1.807, 2.05) is 41.2 Å². The summed E-state index contributed by atoms with van der Waals surface area (Å²) in [4.78, 5) is 11.9. The summed E-state index contributed by atoms with van der Waals surface area (Å²) in [5, 5.41) is 7.01. The minimum atomic E-state index is -0.464. The van der Waals surface area contributed by atoms with E-state index in [0.29, 0.717) is 18.9 Å². The number of nitrogens with two attached hydrogens (primary N) is 1. The first-order chi connectivity index (χ1) is 10.0. The van der Waals surface area contributed by atoms with Crippen molar-refractivity contribution in [2.75, 3.05) is 5.32 Å². The molecule has 0 saturated carbocycles. The van der Waals surface area contributed by atoms with Gasteiger partial charge < -0.3 is 11.1 Å². The van der Waals surface area contributed by atoms with Crippen LogP contribution in [0.5, 0.6) is 0 Å². The third-order valence-corrected chi connectivity index (χ3v) is 3.19. The number of aromatic nitrogens is 2. The van der Waals surface area contributed by atoms with E-state index in [4.69, 9.17) is 5.73 Å². The molecule has 2 aromatic rings. The van der Waals surface area contributed by atoms with Crippen LogP contribution in [0.4, 0.5) is 5.69 Å². The highest BCUT2D eigenvalue weighted by Gasteiger charge is 2.14. The topological polar surface area (TPSA) is 72.9 Å². The zero-order valence-corrected chi connectivity index (χ0v) is 12.5. The Morgan fingerprint density at radius 2 is 2.05 bits per heavy atom. The van der Waals surface area contributed by atoms with Gasteiger partial charge in [0.1, 0.15) is 0 Å². The van der Waals surface area contributed by atoms with Crippen molar-refractivity contribution in [2.24, 2.45) is 11.7 Å². The van der Waals surface area contributed by atoms with E-state index in [9.17, 15) is 4.79 Å². The van der Waals surface area contributed by atoms with Gasteiger partial charge in [0.05, 0.1) is 12.6 Å². The number of rotatable bonds is 6. The molecule has 0 aliphatic carbocycles. The number of amides is 1. The second-order valence-corrected chi connectivity index (χ2v) is 5.63. The summed E-state index contributed by atoms with van der Waals surface area (Å²) < 4.78 is 1.85. The summed E-state index contributed by atoms with van der Waals surface area (Å²) in [7, 11) is 0. The quantitative estimate of drug-likeness (QED) is 0.855. The molecule has 0 unspecified atom stereocenters. The summed E-state index contributed by atoms with van der Waals surface area (Å²) in [6.07, 6.45) is 4.36. The zero-order chi connectivity index (χ0) is 15.2. The molecule has 3 N–H and O–H groups in total. The highest BCUT2D eigenvalue weighted by molar-refractivity contribution is 5.94. The molecule has 112 valence electrons. The van der Waals surface area contributed by atoms with E-state index >= 15 is 0 Å². The molecular formula is C16H22N4O. The van der Waals surface area contributed by atoms with Crippen molar-refractivity contribution >= 4 is 11.6 Å². The highest BCUT2D eigenvalue weighted by Crippen LogP contribution is 2.12. The molecular weight excluding hydrogens is 264 g/mol. The van der Waals surface area contributed by atoms with Crippen LogP contribution in [0.1, 0.15) is 25.8 Å². The van der Waals surface area contributed by atoms with Crippen molar-refractivity contribution in [3.63, 3.8) is 0 Å². The molecule has 0 spiro atoms. The minimum Gasteiger partial charge on any atom is -0.325 e. The van der Waals surface area contributed by atoms with Crippen molar-refractivity contribution in [1.82, 2.24) is 9.78 Å². The monoisotopic (exact) mass is 286 g/mol. The Hall–Kier alpha value is -2.14. The van der Waals surface area contributed by atoms with E-state index < -0.39 is 6.04 Å². The first-order valence-electron chi connectivity index (χ1n) is 7.17. The van der Waals surface area contributed by atoms with E-state index in [-0.39, 0.29) is 5.91 Å². The Kier molecular flexibility index (Phi) is 5.11. The van der Waals surface area contributed by atoms with Crippen molar-refractivity contribution in [1.29, 1.82) is 0 Å². The second-order valence-electron chi connectivity index (χ2n) is 5.63. The second kappa shape index (κ2) is 7.04. The first-order valence-corrected chi connectivity index (χ1v) is 7.17. The zero-order valence-electron chi connectivity index (χ0n) is 12.5. The maximum absolute atomic E-state index is 11.9. The lowest BCUT2D eigenvalue weighted by atomic mass is 10.0. The Bertz CT molecular complexity index is 560. The number of benzene rings is 1. The summed E-state index contributed by atoms with van der Waals surface area (Å²) >= 11 is 0. The van der Waals surface area contributed by atoms with Crippen LogP contribution < -0.4 is 11.1 Å². The normalized spacial score (nSPS) is 12.4. The van der Waals surface area contributed by atoms with Crippen molar-refractivity contribution in [3.05, 3.63) is 48.3 Å². The van der Waals surface area contributed by atoms with E-state index in [2.05, 4.69) is 24.3 Å². The van der Waals surface area contributed by atoms with Crippen LogP contribution in [-0.2, 0) is 11.3 Å². The van der Waals surface area contributed by atoms with Gasteiger partial charge in [-0.1, -0.05) is 26.0 Å². The lowest BCUT2D eigenvalue weighted by Gasteiger charge is -2.14. The van der Waals surface area contributed by atoms with Crippen LogP contribution in [-0.4, -0.2) is 21.7 Å². The molecule has 1 atom stereocenters. The fourth-order valence-corrected chi connectivity index (χ4v) is 2.12. The molecule has 5 nitrogen and oxygen atoms in total. The fraction of sp³-hybridized carbons (Fsp3) is 0.375. The average molecular weight is 286 g/mol. The van der Waals surface area contributed by atoms with E-state index in [1.165, 1.54) is 0 Å². The third-order valence-electron chi connectivity index (χ3n) is 3.19. The van der Waals surface area contributed by atoms with Gasteiger partial charge in [-0.25, -0.2) is 0 Å². The summed E-state index contributed by atoms with van der Waals surface area (Å²) in [5.41, 5.74) is 7.76. The molecule has 0 aliphatic heterocycles. The van der Waals surface area contributed by atoms with Crippen LogP contribution in [0.25, 0.3) is 0 Å². The number of carbonyl (C=O) groups is 1. The van der Waals surface area contributed by atoms with Gasteiger partial charge >= 0.3 is 0 Å². The van der Waals surface area contributed by atoms with Crippen molar-refractivity contribution in [2.45, 2.75) is 32.9 Å². The molecule has 1 aromatic carbocycles. The van der Waals surface area contributed by atoms with Crippen LogP contribution in [0.2, 0.25) is 0 Å². The van der Waals surface area contributed by atoms with Gasteiger partial charge in [0.15, 0.2) is 0 Å². The molecule has 2 rings (SSSR count). The van der Waals surface area contributed by atoms with Crippen molar-refractivity contribution in [3.8, 4) is 0 Å². The van der Waals surface area contributed by atoms with Gasteiger partial charge in [-0.3, -0.25) is 9.48 Å². The molecule has 0 radical (unpaired) electrons. The molecule has 0 bridgehead atoms. The standard InChI is InChI=1S/C16H22N4O/c1-12(2)10-15(17)16(21)19-14-6-4-13(5-7-14)11-20-9-3-8-18-20/h3-9,12,15H,10-11,17H2,1-2H3,(H,19,21)/t15-/m0/s1. The molecule has 21 heavy (non-hydrogen) atoms. The number of hydrogen-bond donors (Lipinski definition) is 2. The molecule has 5 heteroatoms. The number of nitrogens with one attached hydrogen (secondary N) is 1. The smallest absolute Gasteiger partial charge is 0.241 e. The number of carbonyl (C=O) groups excluding carboxylic acids is 1. The lowest BCUT2D eigenvalue weighted by Crippen LogP contribution is -2.36. The molecule has 1 aromatic heterocycles. The van der Waals surface area contributed by atoms with E-state index in [0.717, 1.165) is 11.3 Å². The summed E-state index contributed by atoms with van der Waals surface area (Å²) in [6, 6.07) is 9.16. The maximum atomic E-state index is 11.9. The maximum Gasteiger partial charge on any atom is 0.241 e. The van der Waals surface area contributed by atoms with Gasteiger partial charge in [0.2, 0.25) is 5.91 Å². The number of anilines is 1. The summed E-state index contributed by atoms with van der Waals surface area (Å²) in [6.45, 7) is 4.82. The predicted molar refractivity (Wildman–Crippen MR) is 83.8 cm³/mol. The van der Waals surface area contributed by atoms with Crippen molar-refractivity contribution < 1.29 is 4.79 Å². The number of nitrogens with zero attached hydrogens (tertiary/aromatic N) is 2. The van der Waals surface area contributed by atoms with E-state index in [1.54, 1.807) is 6.20 Å². The van der Waals surface area contributed by atoms with Crippen LogP contribution in [0, 0.1) is 5.92 Å². The van der Waals surface area contributed by atoms with Crippen LogP contribution >= 0.6 is 0 Å². The first kappa shape index (κ1) is 15.3. The fourth-order valence-electron chi connectivity index (χ4n) is 2.12. The van der Waals surface area contributed by atoms with Gasteiger partial charge in [0, 0.05) is 18.1 Å². The van der Waals surface area contributed by atoms with Crippen LogP contribution in [0.15, 0.2) is 42.7 Å². The third kappa shape index (κ3) is 4.72. The van der Waals surface area contributed by atoms with Gasteiger partial charge in [-0.15, -0.1) is 0 Å². The molecule has 1 amide bonds. The van der Waals surface area contributed by atoms with Gasteiger partial charge in [0.25, 0.3) is 0 Å². The Morgan fingerprint density at radius 3 is 2.62 bits per heavy atom. The molecule has 1 heterocycles. The Balaban J connectivity index is 1.91. The Morgan fingerprint density at radius 1 is 1.33 bits per heavy atom. The predicted octanol–water partition coefficient (Wildman–Crippen LogP) is 2.24. The van der Waals surface area contributed by atoms with Crippen LogP contribution in [0.3, 0.4) is 0 Å². The average Bonchev–Trinajstić information content (AvgIpc) is 2.93. The van der Waals surface area contributed by atoms with Gasteiger partial charge in [-0.05, 0) is 36.1 Å². The molecule has 0 saturated heterocycles. The van der Waals surface area contributed by atoms with Gasteiger partial charge in [-0.2, -0.15) is 5.10 Å². The molecule has 0 fully saturated rings. The minimum absolute atomic E-state index is 0.136. The summed E-state index contributed by atoms with van der Waals surface area (Å²) in [5.74, 6) is 0.269. The number of hydrogen-bond acceptors (Lipinski definition) is 3. The molecule has 0 aliphatic rings. The largest absolute Gasteiger partial charge is 0.325 e. The Labute approximate surface area is 125 Å².